The first kappa shape index (κ1) is 17.8. The highest BCUT2D eigenvalue weighted by Gasteiger charge is 2.48. The number of aliphatic hydroxyl groups excluding tert-OH is 3. The van der Waals surface area contributed by atoms with Gasteiger partial charge in [-0.3, -0.25) is 0 Å². The summed E-state index contributed by atoms with van der Waals surface area (Å²) in [7, 11) is 0. The van der Waals surface area contributed by atoms with E-state index >= 15 is 0 Å². The molecule has 7 nitrogen and oxygen atoms in total. The summed E-state index contributed by atoms with van der Waals surface area (Å²) in [6, 6.07) is 3.23. The van der Waals surface area contributed by atoms with Gasteiger partial charge in [-0.05, 0) is 11.5 Å². The van der Waals surface area contributed by atoms with Crippen LogP contribution in [0.5, 0.6) is 0 Å². The van der Waals surface area contributed by atoms with Crippen LogP contribution in [-0.2, 0) is 9.47 Å². The van der Waals surface area contributed by atoms with Crippen molar-refractivity contribution in [3.05, 3.63) is 30.1 Å². The van der Waals surface area contributed by atoms with Gasteiger partial charge in [0, 0.05) is 6.07 Å². The first-order valence-corrected chi connectivity index (χ1v) is 7.53. The molecule has 0 radical (unpaired) electrons. The van der Waals surface area contributed by atoms with Crippen LogP contribution in [0.1, 0.15) is 37.4 Å². The maximum absolute atomic E-state index is 12.1. The summed E-state index contributed by atoms with van der Waals surface area (Å²) in [5.41, 5.74) is 0.179. The van der Waals surface area contributed by atoms with E-state index in [1.165, 1.54) is 10.8 Å². The first-order chi connectivity index (χ1) is 10.7. The fraction of sp³-hybridized carbons (Fsp3) is 0.625. The average molecular weight is 326 g/mol. The predicted molar refractivity (Wildman–Crippen MR) is 79.4 cm³/mol. The standard InChI is InChI=1S/C16H24NO6/c1-16(2,3)9-22-15(21)10-5-4-6-17(7-10)14-13(20)12(19)11(8-18)23-14/h4-7,11-14,18-20H,8-9H2,1-3H3/q+1/t11-,12-,13-,14-/m1/s1. The van der Waals surface area contributed by atoms with Crippen LogP contribution < -0.4 is 4.57 Å². The normalized spacial score (nSPS) is 27.9. The summed E-state index contributed by atoms with van der Waals surface area (Å²) in [6.45, 7) is 5.77. The molecule has 3 N–H and O–H groups in total. The Balaban J connectivity index is 2.12. The Kier molecular flexibility index (Phi) is 5.36. The van der Waals surface area contributed by atoms with Crippen LogP contribution in [0.15, 0.2) is 24.5 Å². The Morgan fingerprint density at radius 3 is 2.61 bits per heavy atom. The lowest BCUT2D eigenvalue weighted by Crippen LogP contribution is -2.46. The van der Waals surface area contributed by atoms with Crippen LogP contribution in [0.4, 0.5) is 0 Å². The molecule has 23 heavy (non-hydrogen) atoms. The summed E-state index contributed by atoms with van der Waals surface area (Å²) in [6.07, 6.45) is -1.02. The largest absolute Gasteiger partial charge is 0.461 e. The van der Waals surface area contributed by atoms with E-state index in [2.05, 4.69) is 0 Å². The fourth-order valence-corrected chi connectivity index (χ4v) is 2.26. The van der Waals surface area contributed by atoms with Gasteiger partial charge in [0.1, 0.15) is 17.8 Å². The van der Waals surface area contributed by atoms with Crippen molar-refractivity contribution in [2.75, 3.05) is 13.2 Å². The van der Waals surface area contributed by atoms with E-state index < -0.39 is 37.1 Å². The third-order valence-corrected chi connectivity index (χ3v) is 3.51. The van der Waals surface area contributed by atoms with Gasteiger partial charge in [0.25, 0.3) is 6.23 Å². The molecule has 1 aromatic heterocycles. The molecular weight excluding hydrogens is 302 g/mol. The third kappa shape index (κ3) is 4.26. The average Bonchev–Trinajstić information content (AvgIpc) is 2.80. The minimum Gasteiger partial charge on any atom is -0.461 e. The van der Waals surface area contributed by atoms with Gasteiger partial charge in [-0.15, -0.1) is 0 Å². The van der Waals surface area contributed by atoms with Crippen LogP contribution in [0.25, 0.3) is 0 Å². The van der Waals surface area contributed by atoms with Gasteiger partial charge >= 0.3 is 5.97 Å². The number of pyridine rings is 1. The summed E-state index contributed by atoms with van der Waals surface area (Å²) in [4.78, 5) is 12.1. The van der Waals surface area contributed by atoms with Gasteiger partial charge in [0.05, 0.1) is 13.2 Å². The molecule has 0 saturated carbocycles. The topological polar surface area (TPSA) is 100 Å². The number of hydrogen-bond acceptors (Lipinski definition) is 6. The van der Waals surface area contributed by atoms with Gasteiger partial charge in [0.15, 0.2) is 18.5 Å². The second kappa shape index (κ2) is 6.92. The highest BCUT2D eigenvalue weighted by molar-refractivity contribution is 5.88. The maximum atomic E-state index is 12.1. The monoisotopic (exact) mass is 326 g/mol. The van der Waals surface area contributed by atoms with E-state index in [1.54, 1.807) is 18.3 Å². The zero-order valence-electron chi connectivity index (χ0n) is 13.5. The molecule has 2 heterocycles. The molecule has 0 amide bonds. The lowest BCUT2D eigenvalue weighted by molar-refractivity contribution is -0.765. The van der Waals surface area contributed by atoms with Crippen molar-refractivity contribution in [2.24, 2.45) is 5.41 Å². The molecule has 1 fully saturated rings. The third-order valence-electron chi connectivity index (χ3n) is 3.51. The number of carbonyl (C=O) groups is 1. The summed E-state index contributed by atoms with van der Waals surface area (Å²) < 4.78 is 12.2. The minimum atomic E-state index is -1.20. The second-order valence-electron chi connectivity index (χ2n) is 6.91. The molecule has 7 heteroatoms. The van der Waals surface area contributed by atoms with Crippen LogP contribution in [0.3, 0.4) is 0 Å². The molecule has 0 bridgehead atoms. The predicted octanol–water partition coefficient (Wildman–Crippen LogP) is -0.212. The summed E-state index contributed by atoms with van der Waals surface area (Å²) in [5.74, 6) is -0.471. The van der Waals surface area contributed by atoms with Crippen molar-refractivity contribution in [1.82, 2.24) is 0 Å². The lowest BCUT2D eigenvalue weighted by Gasteiger charge is -2.17. The number of carbonyl (C=O) groups excluding carboxylic acids is 1. The van der Waals surface area contributed by atoms with E-state index in [4.69, 9.17) is 14.6 Å². The molecule has 0 aliphatic carbocycles. The summed E-state index contributed by atoms with van der Waals surface area (Å²) in [5, 5.41) is 29.0. The molecule has 128 valence electrons. The quantitative estimate of drug-likeness (QED) is 0.523. The Morgan fingerprint density at radius 2 is 2.04 bits per heavy atom. The van der Waals surface area contributed by atoms with Crippen molar-refractivity contribution in [1.29, 1.82) is 0 Å². The van der Waals surface area contributed by atoms with Gasteiger partial charge in [-0.25, -0.2) is 4.79 Å². The Labute approximate surface area is 135 Å². The van der Waals surface area contributed by atoms with E-state index in [1.807, 2.05) is 20.8 Å². The molecule has 4 atom stereocenters. The zero-order valence-corrected chi connectivity index (χ0v) is 13.5. The molecular formula is C16H24NO6+. The van der Waals surface area contributed by atoms with Gasteiger partial charge in [-0.1, -0.05) is 20.8 Å². The van der Waals surface area contributed by atoms with Gasteiger partial charge < -0.3 is 24.8 Å². The number of aromatic nitrogens is 1. The van der Waals surface area contributed by atoms with E-state index in [9.17, 15) is 15.0 Å². The second-order valence-corrected chi connectivity index (χ2v) is 6.91. The number of hydrogen-bond donors (Lipinski definition) is 3. The molecule has 2 rings (SSSR count). The van der Waals surface area contributed by atoms with Crippen LogP contribution in [-0.4, -0.2) is 52.8 Å². The van der Waals surface area contributed by atoms with E-state index in [0.29, 0.717) is 5.56 Å². The number of ether oxygens (including phenoxy) is 2. The lowest BCUT2D eigenvalue weighted by atomic mass is 9.99. The maximum Gasteiger partial charge on any atom is 0.344 e. The first-order valence-electron chi connectivity index (χ1n) is 7.53. The Hall–Kier alpha value is -1.54. The van der Waals surface area contributed by atoms with Crippen molar-refractivity contribution in [2.45, 2.75) is 45.3 Å². The molecule has 1 saturated heterocycles. The molecule has 0 aromatic carbocycles. The van der Waals surface area contributed by atoms with Gasteiger partial charge in [0.2, 0.25) is 0 Å². The van der Waals surface area contributed by atoms with Crippen LogP contribution in [0.2, 0.25) is 0 Å². The van der Waals surface area contributed by atoms with Crippen LogP contribution >= 0.6 is 0 Å². The fourth-order valence-electron chi connectivity index (χ4n) is 2.26. The van der Waals surface area contributed by atoms with Crippen molar-refractivity contribution in [3.63, 3.8) is 0 Å². The Bertz CT molecular complexity index is 556. The smallest absolute Gasteiger partial charge is 0.344 e. The number of esters is 1. The SMILES string of the molecule is CC(C)(C)COC(=O)c1ccc[n+]([C@@H]2O[C@H](CO)[C@@H](O)[C@H]2O)c1. The van der Waals surface area contributed by atoms with Crippen LogP contribution in [0, 0.1) is 5.41 Å². The molecule has 0 spiro atoms. The van der Waals surface area contributed by atoms with E-state index in [-0.39, 0.29) is 12.0 Å². The number of rotatable bonds is 4. The molecule has 1 aliphatic heterocycles. The highest BCUT2D eigenvalue weighted by atomic mass is 16.6. The molecule has 0 unspecified atom stereocenters. The van der Waals surface area contributed by atoms with Crippen molar-refractivity contribution >= 4 is 5.97 Å². The zero-order chi connectivity index (χ0) is 17.2. The molecule has 1 aliphatic rings. The number of nitrogens with zero attached hydrogens (tertiary/aromatic N) is 1. The van der Waals surface area contributed by atoms with E-state index in [0.717, 1.165) is 0 Å². The minimum absolute atomic E-state index is 0.135. The number of aliphatic hydroxyl groups is 3. The van der Waals surface area contributed by atoms with Crippen molar-refractivity contribution < 1.29 is 34.2 Å². The van der Waals surface area contributed by atoms with Crippen molar-refractivity contribution in [3.8, 4) is 0 Å². The Morgan fingerprint density at radius 1 is 1.35 bits per heavy atom. The molecule has 1 aromatic rings. The highest BCUT2D eigenvalue weighted by Crippen LogP contribution is 2.25. The summed E-state index contributed by atoms with van der Waals surface area (Å²) >= 11 is 0. The van der Waals surface area contributed by atoms with Gasteiger partial charge in [-0.2, -0.15) is 4.57 Å².